The Kier molecular flexibility index (Phi) is 4.65. The Morgan fingerprint density at radius 3 is 2.48 bits per heavy atom. The SMILES string of the molecule is Cn1c(C(=O)[O-])c(CC(=O)Nc2cccc(C(F)(F)F)c2)c2ccccc21. The number of benzene rings is 2. The number of anilines is 1. The first-order valence-electron chi connectivity index (χ1n) is 7.93. The second-order valence-electron chi connectivity index (χ2n) is 5.99. The fraction of sp³-hybridized carbons (Fsp3) is 0.158. The van der Waals surface area contributed by atoms with Crippen molar-refractivity contribution in [1.82, 2.24) is 4.57 Å². The van der Waals surface area contributed by atoms with E-state index in [1.165, 1.54) is 16.7 Å². The molecule has 1 amide bonds. The molecule has 3 rings (SSSR count). The minimum absolute atomic E-state index is 0.0231. The van der Waals surface area contributed by atoms with Crippen LogP contribution in [0.5, 0.6) is 0 Å². The van der Waals surface area contributed by atoms with Crippen molar-refractivity contribution in [2.24, 2.45) is 7.05 Å². The van der Waals surface area contributed by atoms with Crippen molar-refractivity contribution < 1.29 is 27.9 Å². The average Bonchev–Trinajstić information content (AvgIpc) is 2.87. The van der Waals surface area contributed by atoms with E-state index in [0.29, 0.717) is 10.9 Å². The first-order valence-corrected chi connectivity index (χ1v) is 7.93. The molecule has 0 atom stereocenters. The van der Waals surface area contributed by atoms with Crippen LogP contribution in [0.25, 0.3) is 10.9 Å². The molecule has 0 fully saturated rings. The molecule has 8 heteroatoms. The lowest BCUT2D eigenvalue weighted by Crippen LogP contribution is -2.27. The summed E-state index contributed by atoms with van der Waals surface area (Å²) in [6.45, 7) is 0. The summed E-state index contributed by atoms with van der Waals surface area (Å²) in [6.07, 6.45) is -4.85. The number of hydrogen-bond acceptors (Lipinski definition) is 3. The van der Waals surface area contributed by atoms with Gasteiger partial charge in [-0.2, -0.15) is 13.2 Å². The van der Waals surface area contributed by atoms with Crippen molar-refractivity contribution in [1.29, 1.82) is 0 Å². The number of amides is 1. The maximum Gasteiger partial charge on any atom is 0.416 e. The monoisotopic (exact) mass is 375 g/mol. The van der Waals surface area contributed by atoms with Crippen molar-refractivity contribution in [2.75, 3.05) is 5.32 Å². The molecular formula is C19H14F3N2O3-. The molecule has 2 aromatic carbocycles. The van der Waals surface area contributed by atoms with Gasteiger partial charge in [-0.05, 0) is 29.8 Å². The van der Waals surface area contributed by atoms with E-state index in [4.69, 9.17) is 0 Å². The van der Waals surface area contributed by atoms with E-state index < -0.39 is 23.6 Å². The van der Waals surface area contributed by atoms with Crippen molar-refractivity contribution >= 4 is 28.5 Å². The number of nitrogens with one attached hydrogen (secondary N) is 1. The third kappa shape index (κ3) is 3.64. The predicted molar refractivity (Wildman–Crippen MR) is 91.0 cm³/mol. The molecule has 1 aromatic heterocycles. The molecule has 0 aliphatic carbocycles. The first kappa shape index (κ1) is 18.5. The zero-order valence-electron chi connectivity index (χ0n) is 14.1. The van der Waals surface area contributed by atoms with Crippen LogP contribution in [-0.4, -0.2) is 16.4 Å². The molecule has 0 saturated heterocycles. The highest BCUT2D eigenvalue weighted by Crippen LogP contribution is 2.31. The minimum atomic E-state index is -4.53. The third-order valence-electron chi connectivity index (χ3n) is 4.22. The van der Waals surface area contributed by atoms with Crippen molar-refractivity contribution in [3.05, 3.63) is 65.4 Å². The number of nitrogens with zero attached hydrogens (tertiary/aromatic N) is 1. The number of aryl methyl sites for hydroxylation is 1. The highest BCUT2D eigenvalue weighted by atomic mass is 19.4. The van der Waals surface area contributed by atoms with Gasteiger partial charge in [0.15, 0.2) is 0 Å². The van der Waals surface area contributed by atoms with E-state index in [9.17, 15) is 27.9 Å². The molecule has 3 aromatic rings. The van der Waals surface area contributed by atoms with Crippen LogP contribution >= 0.6 is 0 Å². The van der Waals surface area contributed by atoms with E-state index in [2.05, 4.69) is 5.32 Å². The molecule has 140 valence electrons. The largest absolute Gasteiger partial charge is 0.543 e. The third-order valence-corrected chi connectivity index (χ3v) is 4.22. The molecule has 1 heterocycles. The van der Waals surface area contributed by atoms with Crippen LogP contribution in [0.2, 0.25) is 0 Å². The Bertz CT molecular complexity index is 1040. The summed E-state index contributed by atoms with van der Waals surface area (Å²) in [5, 5.41) is 14.5. The molecule has 0 aliphatic heterocycles. The normalized spacial score (nSPS) is 11.6. The van der Waals surface area contributed by atoms with Gasteiger partial charge in [-0.3, -0.25) is 4.79 Å². The maximum atomic E-state index is 12.8. The summed E-state index contributed by atoms with van der Waals surface area (Å²) in [7, 11) is 1.54. The van der Waals surface area contributed by atoms with Crippen LogP contribution in [0.15, 0.2) is 48.5 Å². The molecule has 0 aliphatic rings. The van der Waals surface area contributed by atoms with Crippen molar-refractivity contribution in [3.63, 3.8) is 0 Å². The summed E-state index contributed by atoms with van der Waals surface area (Å²) in [4.78, 5) is 23.9. The van der Waals surface area contributed by atoms with E-state index in [-0.39, 0.29) is 23.4 Å². The minimum Gasteiger partial charge on any atom is -0.543 e. The number of aromatic carboxylic acids is 1. The van der Waals surface area contributed by atoms with Crippen molar-refractivity contribution in [2.45, 2.75) is 12.6 Å². The lowest BCUT2D eigenvalue weighted by molar-refractivity contribution is -0.255. The fourth-order valence-electron chi connectivity index (χ4n) is 3.05. The van der Waals surface area contributed by atoms with Crippen LogP contribution in [0.3, 0.4) is 0 Å². The summed E-state index contributed by atoms with van der Waals surface area (Å²) in [6, 6.07) is 11.0. The number of hydrogen-bond donors (Lipinski definition) is 1. The van der Waals surface area contributed by atoms with E-state index in [1.54, 1.807) is 31.3 Å². The van der Waals surface area contributed by atoms with E-state index in [0.717, 1.165) is 12.1 Å². The van der Waals surface area contributed by atoms with Crippen molar-refractivity contribution in [3.8, 4) is 0 Å². The lowest BCUT2D eigenvalue weighted by Gasteiger charge is -2.11. The van der Waals surface area contributed by atoms with Crippen LogP contribution in [0.1, 0.15) is 21.6 Å². The van der Waals surface area contributed by atoms with Crippen LogP contribution in [0, 0.1) is 0 Å². The Labute approximate surface area is 152 Å². The number of alkyl halides is 3. The van der Waals surface area contributed by atoms with E-state index >= 15 is 0 Å². The molecule has 27 heavy (non-hydrogen) atoms. The summed E-state index contributed by atoms with van der Waals surface area (Å²) >= 11 is 0. The van der Waals surface area contributed by atoms with Gasteiger partial charge in [-0.15, -0.1) is 0 Å². The predicted octanol–water partition coefficient (Wildman–Crippen LogP) is 2.74. The second kappa shape index (κ2) is 6.79. The fourth-order valence-corrected chi connectivity index (χ4v) is 3.05. The van der Waals surface area contributed by atoms with Crippen LogP contribution < -0.4 is 10.4 Å². The van der Waals surface area contributed by atoms with Gasteiger partial charge >= 0.3 is 6.18 Å². The van der Waals surface area contributed by atoms with Gasteiger partial charge in [0.1, 0.15) is 0 Å². The molecule has 1 N–H and O–H groups in total. The number of para-hydroxylation sites is 1. The van der Waals surface area contributed by atoms with Gasteiger partial charge < -0.3 is 19.8 Å². The highest BCUT2D eigenvalue weighted by Gasteiger charge is 2.30. The Morgan fingerprint density at radius 2 is 1.81 bits per heavy atom. The summed E-state index contributed by atoms with van der Waals surface area (Å²) < 4.78 is 39.8. The van der Waals surface area contributed by atoms with Gasteiger partial charge in [0.25, 0.3) is 0 Å². The number of aromatic nitrogens is 1. The number of carboxylic acids is 1. The topological polar surface area (TPSA) is 74.2 Å². The number of carbonyl (C=O) groups excluding carboxylic acids is 2. The maximum absolute atomic E-state index is 12.8. The Morgan fingerprint density at radius 1 is 1.11 bits per heavy atom. The number of rotatable bonds is 4. The number of halogens is 3. The lowest BCUT2D eigenvalue weighted by atomic mass is 10.1. The highest BCUT2D eigenvalue weighted by molar-refractivity contribution is 6.02. The summed E-state index contributed by atoms with van der Waals surface area (Å²) in [5.74, 6) is -2.07. The smallest absolute Gasteiger partial charge is 0.416 e. The average molecular weight is 375 g/mol. The second-order valence-corrected chi connectivity index (χ2v) is 5.99. The number of carboxylic acid groups (broad SMARTS) is 1. The Balaban J connectivity index is 1.91. The summed E-state index contributed by atoms with van der Waals surface area (Å²) in [5.41, 5.74) is -0.197. The molecular weight excluding hydrogens is 361 g/mol. The van der Waals surface area contributed by atoms with Crippen LogP contribution in [-0.2, 0) is 24.4 Å². The van der Waals surface area contributed by atoms with E-state index in [1.807, 2.05) is 0 Å². The molecule has 0 bridgehead atoms. The van der Waals surface area contributed by atoms with Gasteiger partial charge in [-0.1, -0.05) is 24.3 Å². The van der Waals surface area contributed by atoms with Crippen LogP contribution in [0.4, 0.5) is 18.9 Å². The Hall–Kier alpha value is -3.29. The zero-order chi connectivity index (χ0) is 19.8. The van der Waals surface area contributed by atoms with Gasteiger partial charge in [-0.25, -0.2) is 0 Å². The number of carbonyl (C=O) groups is 2. The van der Waals surface area contributed by atoms with Gasteiger partial charge in [0.05, 0.1) is 23.6 Å². The first-order chi connectivity index (χ1) is 12.7. The molecule has 5 nitrogen and oxygen atoms in total. The van der Waals surface area contributed by atoms with Gasteiger partial charge in [0, 0.05) is 23.6 Å². The number of fused-ring (bicyclic) bond motifs is 1. The molecule has 0 spiro atoms. The quantitative estimate of drug-likeness (QED) is 0.762. The van der Waals surface area contributed by atoms with Gasteiger partial charge in [0.2, 0.25) is 5.91 Å². The molecule has 0 unspecified atom stereocenters. The molecule has 0 radical (unpaired) electrons. The molecule has 0 saturated carbocycles. The standard InChI is InChI=1S/C19H15F3N2O3/c1-24-15-8-3-2-7-13(15)14(17(24)18(26)27)10-16(25)23-12-6-4-5-11(9-12)19(20,21)22/h2-9H,10H2,1H3,(H,23,25)(H,26,27)/p-1. The zero-order valence-corrected chi connectivity index (χ0v) is 14.1.